The Hall–Kier alpha value is -2.07. The fourth-order valence-electron chi connectivity index (χ4n) is 1.95. The number of rotatable bonds is 6. The molecule has 110 valence electrons. The molecule has 2 aromatic carbocycles. The van der Waals surface area contributed by atoms with Gasteiger partial charge in [-0.1, -0.05) is 23.7 Å². The monoisotopic (exact) mass is 308 g/mol. The van der Waals surface area contributed by atoms with Gasteiger partial charge in [-0.05, 0) is 48.4 Å². The van der Waals surface area contributed by atoms with Crippen molar-refractivity contribution in [3.05, 3.63) is 64.9 Å². The second-order valence-electron chi connectivity index (χ2n) is 4.53. The van der Waals surface area contributed by atoms with E-state index in [1.165, 1.54) is 24.3 Å². The van der Waals surface area contributed by atoms with Gasteiger partial charge in [-0.15, -0.1) is 0 Å². The number of hydrogen-bond acceptors (Lipinski definition) is 2. The third-order valence-electron chi connectivity index (χ3n) is 3.06. The summed E-state index contributed by atoms with van der Waals surface area (Å²) in [5.74, 6) is -1.41. The molecule has 0 heterocycles. The van der Waals surface area contributed by atoms with Crippen molar-refractivity contribution in [1.29, 1.82) is 0 Å². The summed E-state index contributed by atoms with van der Waals surface area (Å²) < 4.78 is 18.2. The van der Waals surface area contributed by atoms with Gasteiger partial charge >= 0.3 is 5.97 Å². The van der Waals surface area contributed by atoms with Crippen LogP contribution in [0.15, 0.2) is 48.5 Å². The molecule has 0 radical (unpaired) electrons. The molecule has 0 saturated heterocycles. The van der Waals surface area contributed by atoms with E-state index < -0.39 is 11.9 Å². The van der Waals surface area contributed by atoms with Crippen LogP contribution in [0.2, 0.25) is 5.02 Å². The van der Waals surface area contributed by atoms with Crippen LogP contribution in [0.5, 0.6) is 5.75 Å². The summed E-state index contributed by atoms with van der Waals surface area (Å²) in [6.07, 6.45) is 0.314. The smallest absolute Gasteiger partial charge is 0.311 e. The topological polar surface area (TPSA) is 46.5 Å². The minimum atomic E-state index is -0.917. The largest absolute Gasteiger partial charge is 0.494 e. The van der Waals surface area contributed by atoms with Gasteiger partial charge in [0.25, 0.3) is 0 Å². The molecule has 0 fully saturated rings. The standard InChI is InChI=1S/C16H14ClFO3/c17-12-3-1-11(2-4-12)15(16(19)20)9-10-21-14-7-5-13(18)6-8-14/h1-8,15H,9-10H2,(H,19,20). The van der Waals surface area contributed by atoms with Crippen LogP contribution in [0.25, 0.3) is 0 Å². The molecule has 0 saturated carbocycles. The Morgan fingerprint density at radius 3 is 2.33 bits per heavy atom. The van der Waals surface area contributed by atoms with Crippen LogP contribution in [0, 0.1) is 5.82 Å². The van der Waals surface area contributed by atoms with Crippen molar-refractivity contribution < 1.29 is 19.0 Å². The van der Waals surface area contributed by atoms with E-state index in [0.29, 0.717) is 22.8 Å². The molecular weight excluding hydrogens is 295 g/mol. The zero-order valence-corrected chi connectivity index (χ0v) is 11.9. The number of carboxylic acid groups (broad SMARTS) is 1. The first-order chi connectivity index (χ1) is 10.1. The van der Waals surface area contributed by atoms with Crippen LogP contribution < -0.4 is 4.74 Å². The van der Waals surface area contributed by atoms with Crippen molar-refractivity contribution in [2.24, 2.45) is 0 Å². The Labute approximate surface area is 126 Å². The van der Waals surface area contributed by atoms with Crippen LogP contribution in [-0.2, 0) is 4.79 Å². The maximum absolute atomic E-state index is 12.8. The Morgan fingerprint density at radius 1 is 1.14 bits per heavy atom. The highest BCUT2D eigenvalue weighted by molar-refractivity contribution is 6.30. The highest BCUT2D eigenvalue weighted by Gasteiger charge is 2.19. The summed E-state index contributed by atoms with van der Waals surface area (Å²) in [5, 5.41) is 9.85. The molecule has 5 heteroatoms. The fraction of sp³-hybridized carbons (Fsp3) is 0.188. The summed E-state index contributed by atoms with van der Waals surface area (Å²) in [6.45, 7) is 0.227. The molecule has 0 amide bonds. The lowest BCUT2D eigenvalue weighted by atomic mass is 9.96. The van der Waals surface area contributed by atoms with E-state index in [4.69, 9.17) is 16.3 Å². The molecule has 3 nitrogen and oxygen atoms in total. The molecule has 1 unspecified atom stereocenters. The van der Waals surface area contributed by atoms with Crippen molar-refractivity contribution in [2.75, 3.05) is 6.61 Å². The number of ether oxygens (including phenoxy) is 1. The van der Waals surface area contributed by atoms with Crippen molar-refractivity contribution in [3.63, 3.8) is 0 Å². The highest BCUT2D eigenvalue weighted by atomic mass is 35.5. The molecule has 21 heavy (non-hydrogen) atoms. The first-order valence-corrected chi connectivity index (χ1v) is 6.80. The number of hydrogen-bond donors (Lipinski definition) is 1. The first kappa shape index (κ1) is 15.3. The Kier molecular flexibility index (Phi) is 5.17. The SMILES string of the molecule is O=C(O)C(CCOc1ccc(F)cc1)c1ccc(Cl)cc1. The maximum Gasteiger partial charge on any atom is 0.311 e. The van der Waals surface area contributed by atoms with Gasteiger partial charge in [0.2, 0.25) is 0 Å². The second-order valence-corrected chi connectivity index (χ2v) is 4.97. The predicted molar refractivity (Wildman–Crippen MR) is 78.3 cm³/mol. The van der Waals surface area contributed by atoms with E-state index in [1.807, 2.05) is 0 Å². The normalized spacial score (nSPS) is 11.9. The Bertz CT molecular complexity index is 596. The average molecular weight is 309 g/mol. The summed E-state index contributed by atoms with van der Waals surface area (Å²) in [7, 11) is 0. The molecule has 1 N–H and O–H groups in total. The second kappa shape index (κ2) is 7.09. The van der Waals surface area contributed by atoms with Crippen molar-refractivity contribution >= 4 is 17.6 Å². The zero-order chi connectivity index (χ0) is 15.2. The van der Waals surface area contributed by atoms with Gasteiger partial charge in [0.1, 0.15) is 11.6 Å². The third-order valence-corrected chi connectivity index (χ3v) is 3.31. The van der Waals surface area contributed by atoms with Gasteiger partial charge in [-0.2, -0.15) is 0 Å². The quantitative estimate of drug-likeness (QED) is 0.873. The number of halogens is 2. The Morgan fingerprint density at radius 2 is 1.76 bits per heavy atom. The molecule has 2 aromatic rings. The average Bonchev–Trinajstić information content (AvgIpc) is 2.46. The summed E-state index contributed by atoms with van der Waals surface area (Å²) in [5.41, 5.74) is 0.676. The van der Waals surface area contributed by atoms with Crippen LogP contribution >= 0.6 is 11.6 Å². The van der Waals surface area contributed by atoms with Crippen LogP contribution in [0.1, 0.15) is 17.9 Å². The third kappa shape index (κ3) is 4.46. The van der Waals surface area contributed by atoms with E-state index in [2.05, 4.69) is 0 Å². The molecule has 0 aliphatic heterocycles. The predicted octanol–water partition coefficient (Wildman–Crippen LogP) is 4.12. The van der Waals surface area contributed by atoms with E-state index in [-0.39, 0.29) is 12.4 Å². The molecule has 0 bridgehead atoms. The summed E-state index contributed by atoms with van der Waals surface area (Å²) in [6, 6.07) is 12.3. The van der Waals surface area contributed by atoms with E-state index in [1.54, 1.807) is 24.3 Å². The number of carboxylic acids is 1. The van der Waals surface area contributed by atoms with E-state index >= 15 is 0 Å². The molecule has 0 aliphatic rings. The molecule has 1 atom stereocenters. The fourth-order valence-corrected chi connectivity index (χ4v) is 2.08. The molecular formula is C16H14ClFO3. The van der Waals surface area contributed by atoms with Crippen molar-refractivity contribution in [3.8, 4) is 5.75 Å². The minimum absolute atomic E-state index is 0.227. The molecule has 0 spiro atoms. The van der Waals surface area contributed by atoms with Gasteiger partial charge < -0.3 is 9.84 Å². The van der Waals surface area contributed by atoms with Gasteiger partial charge in [0.05, 0.1) is 12.5 Å². The first-order valence-electron chi connectivity index (χ1n) is 6.43. The number of aliphatic carboxylic acids is 1. The molecule has 2 rings (SSSR count). The van der Waals surface area contributed by atoms with Gasteiger partial charge in [0.15, 0.2) is 0 Å². The van der Waals surface area contributed by atoms with Gasteiger partial charge in [-0.3, -0.25) is 4.79 Å². The molecule has 0 aliphatic carbocycles. The van der Waals surface area contributed by atoms with Crippen LogP contribution in [0.3, 0.4) is 0 Å². The van der Waals surface area contributed by atoms with Gasteiger partial charge in [0, 0.05) is 5.02 Å². The lowest BCUT2D eigenvalue weighted by molar-refractivity contribution is -0.139. The number of benzene rings is 2. The highest BCUT2D eigenvalue weighted by Crippen LogP contribution is 2.22. The van der Waals surface area contributed by atoms with E-state index in [0.717, 1.165) is 0 Å². The van der Waals surface area contributed by atoms with Crippen LogP contribution in [0.4, 0.5) is 4.39 Å². The summed E-state index contributed by atoms with van der Waals surface area (Å²) in [4.78, 5) is 11.3. The molecule has 0 aromatic heterocycles. The lowest BCUT2D eigenvalue weighted by Crippen LogP contribution is -2.15. The maximum atomic E-state index is 12.8. The summed E-state index contributed by atoms with van der Waals surface area (Å²) >= 11 is 5.79. The zero-order valence-electron chi connectivity index (χ0n) is 11.1. The number of carbonyl (C=O) groups is 1. The van der Waals surface area contributed by atoms with E-state index in [9.17, 15) is 14.3 Å². The van der Waals surface area contributed by atoms with Crippen molar-refractivity contribution in [1.82, 2.24) is 0 Å². The minimum Gasteiger partial charge on any atom is -0.494 e. The van der Waals surface area contributed by atoms with Crippen LogP contribution in [-0.4, -0.2) is 17.7 Å². The van der Waals surface area contributed by atoms with Crippen molar-refractivity contribution in [2.45, 2.75) is 12.3 Å². The van der Waals surface area contributed by atoms with Gasteiger partial charge in [-0.25, -0.2) is 4.39 Å². The Balaban J connectivity index is 1.96. The lowest BCUT2D eigenvalue weighted by Gasteiger charge is -2.13.